The van der Waals surface area contributed by atoms with Crippen molar-refractivity contribution < 1.29 is 23.0 Å². The first-order chi connectivity index (χ1) is 8.01. The zero-order valence-electron chi connectivity index (χ0n) is 9.17. The highest BCUT2D eigenvalue weighted by molar-refractivity contribution is 6.30. The molecule has 0 bridgehead atoms. The topological polar surface area (TPSA) is 48.4 Å². The van der Waals surface area contributed by atoms with Gasteiger partial charge in [0, 0.05) is 11.8 Å². The lowest BCUT2D eigenvalue weighted by atomic mass is 10.1. The largest absolute Gasteiger partial charge is 0.496 e. The lowest BCUT2D eigenvalue weighted by Gasteiger charge is -2.13. The number of carbonyl (C=O) groups is 1. The van der Waals surface area contributed by atoms with Crippen molar-refractivity contribution in [3.05, 3.63) is 22.5 Å². The fourth-order valence-electron chi connectivity index (χ4n) is 1.31. The van der Waals surface area contributed by atoms with E-state index in [1.54, 1.807) is 0 Å². The average Bonchev–Trinajstić information content (AvgIpc) is 2.30. The number of pyridine rings is 1. The van der Waals surface area contributed by atoms with Crippen LogP contribution in [-0.2, 0) is 16.0 Å². The van der Waals surface area contributed by atoms with Gasteiger partial charge in [-0.15, -0.1) is 0 Å². The standard InChI is InChI=1S/C10H10ClF2NO3/c1-16-6(15)3-5-4-14-9(11)7(10(12)13)8(5)17-2/h4,10H,3H2,1-2H3. The lowest BCUT2D eigenvalue weighted by Crippen LogP contribution is -2.08. The van der Waals surface area contributed by atoms with Crippen molar-refractivity contribution in [2.45, 2.75) is 12.8 Å². The average molecular weight is 266 g/mol. The van der Waals surface area contributed by atoms with Gasteiger partial charge in [0.25, 0.3) is 6.43 Å². The first kappa shape index (κ1) is 13.6. The van der Waals surface area contributed by atoms with E-state index in [9.17, 15) is 13.6 Å². The second-order valence-corrected chi connectivity index (χ2v) is 3.43. The predicted octanol–water partition coefficient (Wildman–Crippen LogP) is 2.40. The highest BCUT2D eigenvalue weighted by Gasteiger charge is 2.23. The quantitative estimate of drug-likeness (QED) is 0.620. The molecule has 0 aliphatic carbocycles. The molecule has 0 amide bonds. The lowest BCUT2D eigenvalue weighted by molar-refractivity contribution is -0.139. The molecule has 1 aromatic rings. The molecule has 0 aliphatic heterocycles. The maximum Gasteiger partial charge on any atom is 0.310 e. The highest BCUT2D eigenvalue weighted by atomic mass is 35.5. The van der Waals surface area contributed by atoms with Crippen molar-refractivity contribution in [3.63, 3.8) is 0 Å². The molecule has 0 spiro atoms. The Bertz CT molecular complexity index is 426. The maximum absolute atomic E-state index is 12.8. The molecule has 0 atom stereocenters. The summed E-state index contributed by atoms with van der Waals surface area (Å²) in [6.07, 6.45) is -1.82. The van der Waals surface area contributed by atoms with Crippen molar-refractivity contribution >= 4 is 17.6 Å². The van der Waals surface area contributed by atoms with E-state index in [-0.39, 0.29) is 22.9 Å². The number of aromatic nitrogens is 1. The van der Waals surface area contributed by atoms with E-state index >= 15 is 0 Å². The number of rotatable bonds is 4. The van der Waals surface area contributed by atoms with Crippen molar-refractivity contribution in [1.82, 2.24) is 4.98 Å². The molecule has 1 heterocycles. The van der Waals surface area contributed by atoms with Crippen LogP contribution in [0, 0.1) is 0 Å². The van der Waals surface area contributed by atoms with Gasteiger partial charge in [-0.2, -0.15) is 0 Å². The van der Waals surface area contributed by atoms with Crippen LogP contribution in [0.5, 0.6) is 5.75 Å². The molecule has 0 fully saturated rings. The normalized spacial score (nSPS) is 10.5. The third-order valence-corrected chi connectivity index (χ3v) is 2.38. The number of ether oxygens (including phenoxy) is 2. The molecule has 0 saturated heterocycles. The summed E-state index contributed by atoms with van der Waals surface area (Å²) in [5, 5.41) is -0.342. The minimum atomic E-state index is -2.83. The van der Waals surface area contributed by atoms with Gasteiger partial charge in [-0.25, -0.2) is 13.8 Å². The SMILES string of the molecule is COC(=O)Cc1cnc(Cl)c(C(F)F)c1OC. The number of alkyl halides is 2. The van der Waals surface area contributed by atoms with E-state index in [0.717, 1.165) is 0 Å². The Labute approximate surface area is 101 Å². The van der Waals surface area contributed by atoms with Crippen molar-refractivity contribution in [2.75, 3.05) is 14.2 Å². The fourth-order valence-corrected chi connectivity index (χ4v) is 1.53. The second-order valence-electron chi connectivity index (χ2n) is 3.07. The second kappa shape index (κ2) is 5.77. The zero-order valence-corrected chi connectivity index (χ0v) is 9.92. The third-order valence-electron chi connectivity index (χ3n) is 2.08. The molecule has 94 valence electrons. The number of carbonyl (C=O) groups excluding carboxylic acids is 1. The summed E-state index contributed by atoms with van der Waals surface area (Å²) in [5.74, 6) is -0.710. The molecule has 0 N–H and O–H groups in total. The molecule has 0 unspecified atom stereocenters. The number of hydrogen-bond acceptors (Lipinski definition) is 4. The van der Waals surface area contributed by atoms with Gasteiger partial charge in [-0.05, 0) is 0 Å². The summed E-state index contributed by atoms with van der Waals surface area (Å²) in [6.45, 7) is 0. The van der Waals surface area contributed by atoms with Gasteiger partial charge >= 0.3 is 5.97 Å². The van der Waals surface area contributed by atoms with Gasteiger partial charge in [-0.1, -0.05) is 11.6 Å². The Kier molecular flexibility index (Phi) is 4.62. The van der Waals surface area contributed by atoms with Crippen LogP contribution in [0.4, 0.5) is 8.78 Å². The van der Waals surface area contributed by atoms with E-state index in [0.29, 0.717) is 0 Å². The molecule has 4 nitrogen and oxygen atoms in total. The molecule has 1 aromatic heterocycles. The van der Waals surface area contributed by atoms with E-state index in [4.69, 9.17) is 16.3 Å². The number of methoxy groups -OCH3 is 2. The van der Waals surface area contributed by atoms with Gasteiger partial charge in [0.15, 0.2) is 0 Å². The van der Waals surface area contributed by atoms with Crippen molar-refractivity contribution in [3.8, 4) is 5.75 Å². The fraction of sp³-hybridized carbons (Fsp3) is 0.400. The molecule has 0 radical (unpaired) electrons. The van der Waals surface area contributed by atoms with Crippen LogP contribution in [0.3, 0.4) is 0 Å². The minimum Gasteiger partial charge on any atom is -0.496 e. The number of esters is 1. The van der Waals surface area contributed by atoms with Gasteiger partial charge < -0.3 is 9.47 Å². The number of hydrogen-bond donors (Lipinski definition) is 0. The summed E-state index contributed by atoms with van der Waals surface area (Å²) in [5.41, 5.74) is -0.311. The van der Waals surface area contributed by atoms with Crippen LogP contribution in [0.15, 0.2) is 6.20 Å². The molecule has 0 aliphatic rings. The van der Waals surface area contributed by atoms with Gasteiger partial charge in [-0.3, -0.25) is 4.79 Å². The summed E-state index contributed by atoms with van der Waals surface area (Å²) in [4.78, 5) is 14.7. The highest BCUT2D eigenvalue weighted by Crippen LogP contribution is 2.36. The third kappa shape index (κ3) is 3.03. The van der Waals surface area contributed by atoms with Gasteiger partial charge in [0.1, 0.15) is 10.9 Å². The summed E-state index contributed by atoms with van der Waals surface area (Å²) in [6, 6.07) is 0. The molecule has 7 heteroatoms. The van der Waals surface area contributed by atoms with Crippen LogP contribution < -0.4 is 4.74 Å². The molecule has 0 aromatic carbocycles. The van der Waals surface area contributed by atoms with Crippen LogP contribution >= 0.6 is 11.6 Å². The first-order valence-corrected chi connectivity index (χ1v) is 4.95. The van der Waals surface area contributed by atoms with E-state index in [1.165, 1.54) is 20.4 Å². The molecular weight excluding hydrogens is 256 g/mol. The van der Waals surface area contributed by atoms with E-state index in [2.05, 4.69) is 9.72 Å². The molecule has 0 saturated carbocycles. The molecular formula is C10H10ClF2NO3. The van der Waals surface area contributed by atoms with Gasteiger partial charge in [0.2, 0.25) is 0 Å². The van der Waals surface area contributed by atoms with Gasteiger partial charge in [0.05, 0.1) is 26.2 Å². The monoisotopic (exact) mass is 265 g/mol. The number of nitrogens with zero attached hydrogens (tertiary/aromatic N) is 1. The van der Waals surface area contributed by atoms with Crippen LogP contribution in [0.2, 0.25) is 5.15 Å². The van der Waals surface area contributed by atoms with E-state index in [1.807, 2.05) is 0 Å². The molecule has 1 rings (SSSR count). The maximum atomic E-state index is 12.8. The summed E-state index contributed by atoms with van der Waals surface area (Å²) < 4.78 is 34.8. The molecule has 17 heavy (non-hydrogen) atoms. The predicted molar refractivity (Wildman–Crippen MR) is 56.5 cm³/mol. The summed E-state index contributed by atoms with van der Waals surface area (Å²) >= 11 is 5.56. The van der Waals surface area contributed by atoms with Crippen molar-refractivity contribution in [1.29, 1.82) is 0 Å². The first-order valence-electron chi connectivity index (χ1n) is 4.57. The summed E-state index contributed by atoms with van der Waals surface area (Å²) in [7, 11) is 2.42. The Morgan fingerprint density at radius 1 is 1.53 bits per heavy atom. The van der Waals surface area contributed by atoms with Crippen LogP contribution in [-0.4, -0.2) is 25.2 Å². The Balaban J connectivity index is 3.23. The van der Waals surface area contributed by atoms with E-state index < -0.39 is 18.0 Å². The van der Waals surface area contributed by atoms with Crippen LogP contribution in [0.25, 0.3) is 0 Å². The Morgan fingerprint density at radius 3 is 2.65 bits per heavy atom. The van der Waals surface area contributed by atoms with Crippen LogP contribution in [0.1, 0.15) is 17.6 Å². The Morgan fingerprint density at radius 2 is 2.18 bits per heavy atom. The Hall–Kier alpha value is -1.43. The van der Waals surface area contributed by atoms with Crippen molar-refractivity contribution in [2.24, 2.45) is 0 Å². The number of halogens is 3. The minimum absolute atomic E-state index is 0.134. The smallest absolute Gasteiger partial charge is 0.310 e. The zero-order chi connectivity index (χ0) is 13.0.